The minimum Gasteiger partial charge on any atom is -0.379 e. The van der Waals surface area contributed by atoms with Gasteiger partial charge in [0.2, 0.25) is 0 Å². The van der Waals surface area contributed by atoms with Gasteiger partial charge in [-0.05, 0) is 24.3 Å². The van der Waals surface area contributed by atoms with Crippen LogP contribution in [0.4, 0.5) is 15.8 Å². The Morgan fingerprint density at radius 2 is 2.00 bits per heavy atom. The summed E-state index contributed by atoms with van der Waals surface area (Å²) in [5, 5.41) is 3.39. The lowest BCUT2D eigenvalue weighted by molar-refractivity contribution is 0.613. The quantitative estimate of drug-likeness (QED) is 0.835. The third kappa shape index (κ3) is 3.44. The normalized spacial score (nSPS) is 10.4. The number of halogens is 3. The number of hydrogen-bond acceptors (Lipinski definition) is 2. The fourth-order valence-electron chi connectivity index (χ4n) is 1.92. The summed E-state index contributed by atoms with van der Waals surface area (Å²) in [6.45, 7) is 0.379. The van der Waals surface area contributed by atoms with Crippen LogP contribution in [0, 0.1) is 5.82 Å². The summed E-state index contributed by atoms with van der Waals surface area (Å²) in [4.78, 5) is 2.00. The zero-order valence-corrected chi connectivity index (χ0v) is 13.6. The van der Waals surface area contributed by atoms with Crippen molar-refractivity contribution in [3.63, 3.8) is 0 Å². The van der Waals surface area contributed by atoms with Gasteiger partial charge < -0.3 is 10.2 Å². The number of anilines is 2. The molecule has 106 valence electrons. The second kappa shape index (κ2) is 6.46. The monoisotopic (exact) mass is 356 g/mol. The van der Waals surface area contributed by atoms with Crippen molar-refractivity contribution >= 4 is 38.9 Å². The summed E-state index contributed by atoms with van der Waals surface area (Å²) in [7, 11) is 3.93. The lowest BCUT2D eigenvalue weighted by Gasteiger charge is -2.19. The third-order valence-corrected chi connectivity index (χ3v) is 3.73. The number of benzene rings is 2. The Bertz CT molecular complexity index is 617. The van der Waals surface area contributed by atoms with Gasteiger partial charge in [-0.1, -0.05) is 39.7 Å². The SMILES string of the molecule is CN(C)c1ccc(Br)cc1NCc1cccc(Cl)c1F. The van der Waals surface area contributed by atoms with E-state index in [2.05, 4.69) is 21.2 Å². The highest BCUT2D eigenvalue weighted by Gasteiger charge is 2.08. The predicted octanol–water partition coefficient (Wildman–Crippen LogP) is 4.92. The maximum absolute atomic E-state index is 13.9. The highest BCUT2D eigenvalue weighted by molar-refractivity contribution is 9.10. The van der Waals surface area contributed by atoms with Crippen molar-refractivity contribution in [3.05, 3.63) is 57.3 Å². The van der Waals surface area contributed by atoms with Gasteiger partial charge in [0.1, 0.15) is 5.82 Å². The maximum atomic E-state index is 13.9. The van der Waals surface area contributed by atoms with Gasteiger partial charge in [-0.25, -0.2) is 4.39 Å². The van der Waals surface area contributed by atoms with Crippen molar-refractivity contribution in [3.8, 4) is 0 Å². The van der Waals surface area contributed by atoms with Crippen LogP contribution in [0.1, 0.15) is 5.56 Å². The molecular formula is C15H15BrClFN2. The zero-order chi connectivity index (χ0) is 14.7. The summed E-state index contributed by atoms with van der Waals surface area (Å²) in [6.07, 6.45) is 0. The van der Waals surface area contributed by atoms with Crippen LogP contribution in [-0.2, 0) is 6.54 Å². The molecule has 0 spiro atoms. The molecule has 0 aliphatic rings. The van der Waals surface area contributed by atoms with E-state index in [0.29, 0.717) is 12.1 Å². The van der Waals surface area contributed by atoms with Crippen molar-refractivity contribution < 1.29 is 4.39 Å². The van der Waals surface area contributed by atoms with Gasteiger partial charge in [0, 0.05) is 30.7 Å². The van der Waals surface area contributed by atoms with Gasteiger partial charge in [-0.15, -0.1) is 0 Å². The van der Waals surface area contributed by atoms with E-state index in [-0.39, 0.29) is 10.8 Å². The largest absolute Gasteiger partial charge is 0.379 e. The van der Waals surface area contributed by atoms with E-state index in [9.17, 15) is 4.39 Å². The summed E-state index contributed by atoms with van der Waals surface area (Å²) in [5.74, 6) is -0.372. The molecular weight excluding hydrogens is 343 g/mol. The number of rotatable bonds is 4. The third-order valence-electron chi connectivity index (χ3n) is 2.94. The van der Waals surface area contributed by atoms with Gasteiger partial charge >= 0.3 is 0 Å². The summed E-state index contributed by atoms with van der Waals surface area (Å²) in [5.41, 5.74) is 2.52. The fraction of sp³-hybridized carbons (Fsp3) is 0.200. The predicted molar refractivity (Wildman–Crippen MR) is 87.2 cm³/mol. The molecule has 0 aliphatic carbocycles. The second-order valence-electron chi connectivity index (χ2n) is 4.62. The molecule has 0 amide bonds. The number of nitrogens with zero attached hydrogens (tertiary/aromatic N) is 1. The van der Waals surface area contributed by atoms with Crippen LogP contribution < -0.4 is 10.2 Å². The number of nitrogens with one attached hydrogen (secondary N) is 1. The zero-order valence-electron chi connectivity index (χ0n) is 11.3. The van der Waals surface area contributed by atoms with Crippen molar-refractivity contribution in [2.75, 3.05) is 24.3 Å². The molecule has 2 nitrogen and oxygen atoms in total. The van der Waals surface area contributed by atoms with E-state index < -0.39 is 0 Å². The molecule has 5 heteroatoms. The highest BCUT2D eigenvalue weighted by Crippen LogP contribution is 2.29. The van der Waals surface area contributed by atoms with E-state index in [1.165, 1.54) is 0 Å². The topological polar surface area (TPSA) is 15.3 Å². The Morgan fingerprint density at radius 3 is 2.70 bits per heavy atom. The van der Waals surface area contributed by atoms with Gasteiger partial charge in [-0.3, -0.25) is 0 Å². The second-order valence-corrected chi connectivity index (χ2v) is 5.95. The summed E-state index contributed by atoms with van der Waals surface area (Å²) >= 11 is 9.23. The van der Waals surface area contributed by atoms with Crippen LogP contribution in [0.15, 0.2) is 40.9 Å². The standard InChI is InChI=1S/C15H15BrClFN2/c1-20(2)14-7-6-11(16)8-13(14)19-9-10-4-3-5-12(17)15(10)18/h3-8,19H,9H2,1-2H3. The fourth-order valence-corrected chi connectivity index (χ4v) is 2.47. The van der Waals surface area contributed by atoms with E-state index in [0.717, 1.165) is 15.8 Å². The van der Waals surface area contributed by atoms with Gasteiger partial charge in [0.25, 0.3) is 0 Å². The van der Waals surface area contributed by atoms with Gasteiger partial charge in [0.15, 0.2) is 0 Å². The van der Waals surface area contributed by atoms with Crippen molar-refractivity contribution in [2.45, 2.75) is 6.54 Å². The Morgan fingerprint density at radius 1 is 1.25 bits per heavy atom. The molecule has 2 rings (SSSR count). The van der Waals surface area contributed by atoms with Crippen molar-refractivity contribution in [1.29, 1.82) is 0 Å². The first-order chi connectivity index (χ1) is 9.49. The maximum Gasteiger partial charge on any atom is 0.146 e. The van der Waals surface area contributed by atoms with E-state index in [4.69, 9.17) is 11.6 Å². The first-order valence-electron chi connectivity index (χ1n) is 6.12. The highest BCUT2D eigenvalue weighted by atomic mass is 79.9. The van der Waals surface area contributed by atoms with Gasteiger partial charge in [0.05, 0.1) is 16.4 Å². The van der Waals surface area contributed by atoms with Crippen LogP contribution in [0.5, 0.6) is 0 Å². The minimum absolute atomic E-state index is 0.145. The van der Waals surface area contributed by atoms with Crippen molar-refractivity contribution in [2.24, 2.45) is 0 Å². The molecule has 0 unspecified atom stereocenters. The van der Waals surface area contributed by atoms with Crippen LogP contribution >= 0.6 is 27.5 Å². The first kappa shape index (κ1) is 15.1. The van der Waals surface area contributed by atoms with Crippen LogP contribution in [-0.4, -0.2) is 14.1 Å². The molecule has 0 saturated heterocycles. The van der Waals surface area contributed by atoms with E-state index >= 15 is 0 Å². The summed E-state index contributed by atoms with van der Waals surface area (Å²) in [6, 6.07) is 11.0. The average molecular weight is 358 g/mol. The van der Waals surface area contributed by atoms with E-state index in [1.54, 1.807) is 18.2 Å². The molecule has 2 aromatic carbocycles. The van der Waals surface area contributed by atoms with Crippen LogP contribution in [0.3, 0.4) is 0 Å². The molecule has 0 atom stereocenters. The van der Waals surface area contributed by atoms with Gasteiger partial charge in [-0.2, -0.15) is 0 Å². The molecule has 0 fully saturated rings. The molecule has 0 saturated carbocycles. The van der Waals surface area contributed by atoms with Crippen LogP contribution in [0.25, 0.3) is 0 Å². The Hall–Kier alpha value is -1.26. The average Bonchev–Trinajstić information content (AvgIpc) is 2.40. The smallest absolute Gasteiger partial charge is 0.146 e. The molecule has 2 aromatic rings. The Kier molecular flexibility index (Phi) is 4.89. The van der Waals surface area contributed by atoms with Crippen LogP contribution in [0.2, 0.25) is 5.02 Å². The first-order valence-corrected chi connectivity index (χ1v) is 7.30. The number of hydrogen-bond donors (Lipinski definition) is 1. The Balaban J connectivity index is 2.22. The molecule has 0 aromatic heterocycles. The molecule has 0 bridgehead atoms. The lowest BCUT2D eigenvalue weighted by atomic mass is 10.2. The molecule has 0 aliphatic heterocycles. The summed E-state index contributed by atoms with van der Waals surface area (Å²) < 4.78 is 14.8. The molecule has 1 N–H and O–H groups in total. The molecule has 0 heterocycles. The lowest BCUT2D eigenvalue weighted by Crippen LogP contribution is -2.12. The molecule has 20 heavy (non-hydrogen) atoms. The molecule has 0 radical (unpaired) electrons. The Labute approximate surface area is 131 Å². The van der Waals surface area contributed by atoms with Crippen molar-refractivity contribution in [1.82, 2.24) is 0 Å². The van der Waals surface area contributed by atoms with E-state index in [1.807, 2.05) is 37.2 Å². The minimum atomic E-state index is -0.372.